The molecule has 1 aliphatic rings. The monoisotopic (exact) mass is 297 g/mol. The largest absolute Gasteiger partial charge is 0.355 e. The normalized spacial score (nSPS) is 16.1. The average Bonchev–Trinajstić information content (AvgIpc) is 2.90. The number of carbonyl (C=O) groups is 1. The first kappa shape index (κ1) is 14.8. The Bertz CT molecular complexity index is 580. The van der Waals surface area contributed by atoms with Crippen molar-refractivity contribution in [2.24, 2.45) is 0 Å². The van der Waals surface area contributed by atoms with Crippen molar-refractivity contribution < 1.29 is 13.2 Å². The quantitative estimate of drug-likeness (QED) is 0.764. The number of benzene rings is 1. The summed E-state index contributed by atoms with van der Waals surface area (Å²) in [4.78, 5) is 11.7. The number of hydrogen-bond acceptors (Lipinski definition) is 3. The van der Waals surface area contributed by atoms with Crippen LogP contribution in [0.3, 0.4) is 0 Å². The minimum atomic E-state index is -3.66. The van der Waals surface area contributed by atoms with E-state index in [1.165, 1.54) is 7.05 Å². The third-order valence-corrected chi connectivity index (χ3v) is 4.45. The van der Waals surface area contributed by atoms with E-state index in [0.717, 1.165) is 25.7 Å². The van der Waals surface area contributed by atoms with Crippen LogP contribution in [0.4, 0.5) is 5.69 Å². The van der Waals surface area contributed by atoms with Gasteiger partial charge in [0.2, 0.25) is 0 Å². The van der Waals surface area contributed by atoms with Gasteiger partial charge < -0.3 is 5.32 Å². The molecule has 0 unspecified atom stereocenters. The summed E-state index contributed by atoms with van der Waals surface area (Å²) in [5, 5.41) is 2.49. The maximum atomic E-state index is 12.1. The molecule has 20 heavy (non-hydrogen) atoms. The molecule has 1 fully saturated rings. The molecule has 110 valence electrons. The van der Waals surface area contributed by atoms with E-state index >= 15 is 0 Å². The Morgan fingerprint density at radius 1 is 1.20 bits per heavy atom. The van der Waals surface area contributed by atoms with Crippen LogP contribution in [0.5, 0.6) is 0 Å². The molecule has 0 bridgehead atoms. The van der Waals surface area contributed by atoms with Gasteiger partial charge in [-0.1, -0.05) is 25.0 Å². The van der Waals surface area contributed by atoms with Crippen molar-refractivity contribution in [2.75, 3.05) is 11.8 Å². The van der Waals surface area contributed by atoms with Gasteiger partial charge in [-0.15, -0.1) is 0 Å². The van der Waals surface area contributed by atoms with Gasteiger partial charge >= 0.3 is 0 Å². The molecule has 3 N–H and O–H groups in total. The lowest BCUT2D eigenvalue weighted by molar-refractivity contribution is 0.0964. The van der Waals surface area contributed by atoms with E-state index in [9.17, 15) is 13.2 Å². The molecular formula is C13H19N3O3S. The maximum absolute atomic E-state index is 12.1. The number of rotatable bonds is 5. The molecule has 1 aliphatic carbocycles. The minimum Gasteiger partial charge on any atom is -0.355 e. The van der Waals surface area contributed by atoms with E-state index in [2.05, 4.69) is 14.8 Å². The van der Waals surface area contributed by atoms with Crippen LogP contribution in [-0.4, -0.2) is 27.4 Å². The first-order chi connectivity index (χ1) is 9.52. The van der Waals surface area contributed by atoms with E-state index in [-0.39, 0.29) is 17.6 Å². The SMILES string of the molecule is CNC(=O)c1ccccc1NS(=O)(=O)NC1CCCC1. The van der Waals surface area contributed by atoms with E-state index in [4.69, 9.17) is 0 Å². The highest BCUT2D eigenvalue weighted by Gasteiger charge is 2.22. The Morgan fingerprint density at radius 3 is 2.50 bits per heavy atom. The van der Waals surface area contributed by atoms with Crippen LogP contribution in [-0.2, 0) is 10.2 Å². The highest BCUT2D eigenvalue weighted by molar-refractivity contribution is 7.90. The lowest BCUT2D eigenvalue weighted by Gasteiger charge is -2.15. The maximum Gasteiger partial charge on any atom is 0.299 e. The zero-order chi connectivity index (χ0) is 14.6. The summed E-state index contributed by atoms with van der Waals surface area (Å²) in [5.74, 6) is -0.329. The highest BCUT2D eigenvalue weighted by Crippen LogP contribution is 2.20. The predicted octanol–water partition coefficient (Wildman–Crippen LogP) is 1.24. The summed E-state index contributed by atoms with van der Waals surface area (Å²) in [6.45, 7) is 0. The smallest absolute Gasteiger partial charge is 0.299 e. The van der Waals surface area contributed by atoms with Crippen molar-refractivity contribution in [1.82, 2.24) is 10.0 Å². The Balaban J connectivity index is 2.14. The van der Waals surface area contributed by atoms with Crippen LogP contribution >= 0.6 is 0 Å². The van der Waals surface area contributed by atoms with Crippen LogP contribution in [0.15, 0.2) is 24.3 Å². The predicted molar refractivity (Wildman–Crippen MR) is 77.8 cm³/mol. The van der Waals surface area contributed by atoms with Gasteiger partial charge in [-0.3, -0.25) is 9.52 Å². The fourth-order valence-electron chi connectivity index (χ4n) is 2.34. The van der Waals surface area contributed by atoms with Gasteiger partial charge in [0.25, 0.3) is 16.1 Å². The fraction of sp³-hybridized carbons (Fsp3) is 0.462. The molecule has 1 aromatic rings. The number of amides is 1. The van der Waals surface area contributed by atoms with Crippen LogP contribution in [0, 0.1) is 0 Å². The second kappa shape index (κ2) is 6.23. The molecule has 0 saturated heterocycles. The van der Waals surface area contributed by atoms with Gasteiger partial charge in [0, 0.05) is 13.1 Å². The van der Waals surface area contributed by atoms with Crippen LogP contribution in [0.2, 0.25) is 0 Å². The van der Waals surface area contributed by atoms with Gasteiger partial charge in [0.15, 0.2) is 0 Å². The standard InChI is InChI=1S/C13H19N3O3S/c1-14-13(17)11-8-4-5-9-12(11)16-20(18,19)15-10-6-2-3-7-10/h4-5,8-10,15-16H,2-3,6-7H2,1H3,(H,14,17). The highest BCUT2D eigenvalue weighted by atomic mass is 32.2. The summed E-state index contributed by atoms with van der Waals surface area (Å²) in [5.41, 5.74) is 0.573. The zero-order valence-electron chi connectivity index (χ0n) is 11.3. The van der Waals surface area contributed by atoms with Crippen molar-refractivity contribution in [3.05, 3.63) is 29.8 Å². The van der Waals surface area contributed by atoms with Crippen molar-refractivity contribution in [1.29, 1.82) is 0 Å². The Labute approximate surface area is 119 Å². The van der Waals surface area contributed by atoms with Crippen LogP contribution in [0.25, 0.3) is 0 Å². The molecule has 0 aromatic heterocycles. The van der Waals surface area contributed by atoms with Crippen molar-refractivity contribution in [2.45, 2.75) is 31.7 Å². The molecule has 6 nitrogen and oxygen atoms in total. The van der Waals surface area contributed by atoms with Crippen molar-refractivity contribution in [3.8, 4) is 0 Å². The molecule has 0 aliphatic heterocycles. The first-order valence-corrected chi connectivity index (χ1v) is 8.11. The number of nitrogens with one attached hydrogen (secondary N) is 3. The summed E-state index contributed by atoms with van der Waals surface area (Å²) in [7, 11) is -2.16. The molecular weight excluding hydrogens is 278 g/mol. The number of carbonyl (C=O) groups excluding carboxylic acids is 1. The molecule has 0 spiro atoms. The first-order valence-electron chi connectivity index (χ1n) is 6.63. The van der Waals surface area contributed by atoms with Gasteiger partial charge in [-0.05, 0) is 25.0 Å². The van der Waals surface area contributed by atoms with E-state index < -0.39 is 10.2 Å². The van der Waals surface area contributed by atoms with Gasteiger partial charge in [0.1, 0.15) is 0 Å². The molecule has 1 saturated carbocycles. The van der Waals surface area contributed by atoms with Gasteiger partial charge in [-0.2, -0.15) is 13.1 Å². The van der Waals surface area contributed by atoms with Crippen LogP contribution in [0.1, 0.15) is 36.0 Å². The summed E-state index contributed by atoms with van der Waals surface area (Å²) in [6, 6.07) is 6.50. The number of anilines is 1. The number of para-hydroxylation sites is 1. The topological polar surface area (TPSA) is 87.3 Å². The van der Waals surface area contributed by atoms with E-state index in [1.54, 1.807) is 24.3 Å². The second-order valence-corrected chi connectivity index (χ2v) is 6.28. The fourth-order valence-corrected chi connectivity index (χ4v) is 3.54. The van der Waals surface area contributed by atoms with Crippen molar-refractivity contribution in [3.63, 3.8) is 0 Å². The van der Waals surface area contributed by atoms with Gasteiger partial charge in [0.05, 0.1) is 11.3 Å². The lowest BCUT2D eigenvalue weighted by Crippen LogP contribution is -2.37. The molecule has 0 atom stereocenters. The lowest BCUT2D eigenvalue weighted by atomic mass is 10.2. The Kier molecular flexibility index (Phi) is 4.61. The van der Waals surface area contributed by atoms with Gasteiger partial charge in [-0.25, -0.2) is 0 Å². The zero-order valence-corrected chi connectivity index (χ0v) is 12.2. The second-order valence-electron chi connectivity index (χ2n) is 4.83. The number of hydrogen-bond donors (Lipinski definition) is 3. The Hall–Kier alpha value is -1.60. The molecule has 0 heterocycles. The molecule has 1 amide bonds. The summed E-state index contributed by atoms with van der Waals surface area (Å²) < 4.78 is 29.2. The Morgan fingerprint density at radius 2 is 1.85 bits per heavy atom. The van der Waals surface area contributed by atoms with E-state index in [0.29, 0.717) is 5.56 Å². The third kappa shape index (κ3) is 3.71. The van der Waals surface area contributed by atoms with E-state index in [1.807, 2.05) is 0 Å². The molecule has 0 radical (unpaired) electrons. The molecule has 7 heteroatoms. The minimum absolute atomic E-state index is 0.0142. The molecule has 2 rings (SSSR count). The molecule has 1 aromatic carbocycles. The third-order valence-electron chi connectivity index (χ3n) is 3.32. The summed E-state index contributed by atoms with van der Waals surface area (Å²) in [6.07, 6.45) is 3.81. The average molecular weight is 297 g/mol. The van der Waals surface area contributed by atoms with Crippen LogP contribution < -0.4 is 14.8 Å². The summed E-state index contributed by atoms with van der Waals surface area (Å²) >= 11 is 0. The van der Waals surface area contributed by atoms with Crippen molar-refractivity contribution >= 4 is 21.8 Å².